The molecular formula is C15H17BrN2S. The van der Waals surface area contributed by atoms with Crippen LogP contribution in [0.15, 0.2) is 34.9 Å². The van der Waals surface area contributed by atoms with E-state index in [1.807, 2.05) is 6.20 Å². The molecule has 1 aliphatic rings. The van der Waals surface area contributed by atoms with E-state index >= 15 is 0 Å². The van der Waals surface area contributed by atoms with Gasteiger partial charge in [0.25, 0.3) is 0 Å². The highest BCUT2D eigenvalue weighted by atomic mass is 79.9. The summed E-state index contributed by atoms with van der Waals surface area (Å²) < 4.78 is 1.48. The van der Waals surface area contributed by atoms with Crippen molar-refractivity contribution in [2.75, 3.05) is 17.6 Å². The summed E-state index contributed by atoms with van der Waals surface area (Å²) in [5, 5.41) is 5.94. The van der Waals surface area contributed by atoms with E-state index in [1.54, 1.807) is 0 Å². The predicted octanol–water partition coefficient (Wildman–Crippen LogP) is 4.69. The first kappa shape index (κ1) is 13.3. The Morgan fingerprint density at radius 2 is 2.26 bits per heavy atom. The summed E-state index contributed by atoms with van der Waals surface area (Å²) in [5.41, 5.74) is 0. The first-order chi connectivity index (χ1) is 9.18. The zero-order valence-electron chi connectivity index (χ0n) is 10.9. The van der Waals surface area contributed by atoms with Gasteiger partial charge in [0.05, 0.1) is 0 Å². The van der Waals surface area contributed by atoms with Crippen LogP contribution in [0.3, 0.4) is 0 Å². The van der Waals surface area contributed by atoms with Gasteiger partial charge in [-0.15, -0.1) is 0 Å². The predicted molar refractivity (Wildman–Crippen MR) is 88.0 cm³/mol. The van der Waals surface area contributed by atoms with Crippen molar-refractivity contribution in [1.82, 2.24) is 4.98 Å². The molecule has 2 aromatic rings. The van der Waals surface area contributed by atoms with E-state index in [0.29, 0.717) is 4.75 Å². The molecule has 3 rings (SSSR count). The Morgan fingerprint density at radius 3 is 3.05 bits per heavy atom. The lowest BCUT2D eigenvalue weighted by Crippen LogP contribution is -2.27. The number of thioether (sulfide) groups is 1. The van der Waals surface area contributed by atoms with Gasteiger partial charge in [-0.1, -0.05) is 28.1 Å². The fourth-order valence-electron chi connectivity index (χ4n) is 2.56. The Balaban J connectivity index is 1.87. The molecule has 0 radical (unpaired) electrons. The van der Waals surface area contributed by atoms with E-state index in [4.69, 9.17) is 0 Å². The number of rotatable bonds is 3. The summed E-state index contributed by atoms with van der Waals surface area (Å²) in [6.45, 7) is 3.33. The minimum Gasteiger partial charge on any atom is -0.368 e. The largest absolute Gasteiger partial charge is 0.368 e. The number of aromatic nitrogens is 1. The fourth-order valence-corrected chi connectivity index (χ4v) is 4.30. The maximum atomic E-state index is 4.50. The van der Waals surface area contributed by atoms with Crippen LogP contribution in [0.5, 0.6) is 0 Å². The van der Waals surface area contributed by atoms with Gasteiger partial charge in [0, 0.05) is 32.7 Å². The molecule has 0 saturated carbocycles. The normalized spacial score (nSPS) is 22.8. The molecule has 0 bridgehead atoms. The fraction of sp³-hybridized carbons (Fsp3) is 0.400. The molecule has 0 aliphatic carbocycles. The zero-order chi connectivity index (χ0) is 13.3. The lowest BCUT2D eigenvalue weighted by molar-refractivity contribution is 0.634. The molecule has 1 aromatic heterocycles. The zero-order valence-corrected chi connectivity index (χ0v) is 13.4. The highest BCUT2D eigenvalue weighted by Gasteiger charge is 2.29. The van der Waals surface area contributed by atoms with Crippen LogP contribution in [0.4, 0.5) is 5.82 Å². The molecule has 1 fully saturated rings. The Morgan fingerprint density at radius 1 is 1.37 bits per heavy atom. The standard InChI is InChI=1S/C15H17BrN2S/c1-15(7-3-9-19-15)10-18-14-12-4-2-5-13(16)11(12)6-8-17-14/h2,4-6,8H,3,7,9-10H2,1H3,(H,17,18). The summed E-state index contributed by atoms with van der Waals surface area (Å²) in [7, 11) is 0. The third-order valence-electron chi connectivity index (χ3n) is 3.68. The molecule has 19 heavy (non-hydrogen) atoms. The van der Waals surface area contributed by atoms with Gasteiger partial charge in [-0.3, -0.25) is 0 Å². The lowest BCUT2D eigenvalue weighted by atomic mass is 10.1. The average Bonchev–Trinajstić information content (AvgIpc) is 2.84. The molecule has 1 saturated heterocycles. The van der Waals surface area contributed by atoms with Crippen LogP contribution in [-0.2, 0) is 0 Å². The van der Waals surface area contributed by atoms with Crippen LogP contribution in [0, 0.1) is 0 Å². The van der Waals surface area contributed by atoms with Crippen LogP contribution >= 0.6 is 27.7 Å². The van der Waals surface area contributed by atoms with E-state index in [-0.39, 0.29) is 0 Å². The summed E-state index contributed by atoms with van der Waals surface area (Å²) in [4.78, 5) is 4.50. The Kier molecular flexibility index (Phi) is 3.72. The van der Waals surface area contributed by atoms with Crippen molar-refractivity contribution < 1.29 is 0 Å². The lowest BCUT2D eigenvalue weighted by Gasteiger charge is -2.23. The minimum absolute atomic E-state index is 0.357. The van der Waals surface area contributed by atoms with Crippen molar-refractivity contribution in [3.8, 4) is 0 Å². The van der Waals surface area contributed by atoms with Crippen molar-refractivity contribution in [3.63, 3.8) is 0 Å². The number of nitrogens with zero attached hydrogens (tertiary/aromatic N) is 1. The number of benzene rings is 1. The number of pyridine rings is 1. The Hall–Kier alpha value is -0.740. The smallest absolute Gasteiger partial charge is 0.133 e. The molecular weight excluding hydrogens is 320 g/mol. The molecule has 0 amide bonds. The number of fused-ring (bicyclic) bond motifs is 1. The van der Waals surface area contributed by atoms with Crippen LogP contribution in [0.2, 0.25) is 0 Å². The topological polar surface area (TPSA) is 24.9 Å². The monoisotopic (exact) mass is 336 g/mol. The quantitative estimate of drug-likeness (QED) is 0.879. The second-order valence-electron chi connectivity index (χ2n) is 5.25. The van der Waals surface area contributed by atoms with Gasteiger partial charge in [0.1, 0.15) is 5.82 Å². The number of hydrogen-bond acceptors (Lipinski definition) is 3. The number of hydrogen-bond donors (Lipinski definition) is 1. The first-order valence-electron chi connectivity index (χ1n) is 6.59. The van der Waals surface area contributed by atoms with Gasteiger partial charge in [0.2, 0.25) is 0 Å². The summed E-state index contributed by atoms with van der Waals surface area (Å²) in [6.07, 6.45) is 4.50. The van der Waals surface area contributed by atoms with E-state index < -0.39 is 0 Å². The third kappa shape index (κ3) is 2.75. The van der Waals surface area contributed by atoms with Gasteiger partial charge in [-0.2, -0.15) is 11.8 Å². The molecule has 1 N–H and O–H groups in total. The maximum absolute atomic E-state index is 4.50. The van der Waals surface area contributed by atoms with Crippen molar-refractivity contribution in [2.45, 2.75) is 24.5 Å². The second kappa shape index (κ2) is 5.33. The third-order valence-corrected chi connectivity index (χ3v) is 5.91. The highest BCUT2D eigenvalue weighted by molar-refractivity contribution is 9.10. The van der Waals surface area contributed by atoms with E-state index in [1.165, 1.54) is 29.4 Å². The summed E-state index contributed by atoms with van der Waals surface area (Å²) in [5.74, 6) is 2.28. The average molecular weight is 337 g/mol. The van der Waals surface area contributed by atoms with E-state index in [0.717, 1.165) is 16.8 Å². The highest BCUT2D eigenvalue weighted by Crippen LogP contribution is 2.38. The van der Waals surface area contributed by atoms with Gasteiger partial charge < -0.3 is 5.32 Å². The molecule has 2 heterocycles. The summed E-state index contributed by atoms with van der Waals surface area (Å²) in [6, 6.07) is 8.31. The molecule has 1 aliphatic heterocycles. The number of anilines is 1. The van der Waals surface area contributed by atoms with Crippen LogP contribution in [-0.4, -0.2) is 22.0 Å². The van der Waals surface area contributed by atoms with Crippen LogP contribution < -0.4 is 5.32 Å². The molecule has 2 nitrogen and oxygen atoms in total. The van der Waals surface area contributed by atoms with E-state index in [9.17, 15) is 0 Å². The molecule has 0 spiro atoms. The Labute approximate surface area is 126 Å². The van der Waals surface area contributed by atoms with Gasteiger partial charge in [0.15, 0.2) is 0 Å². The van der Waals surface area contributed by atoms with Crippen molar-refractivity contribution >= 4 is 44.3 Å². The van der Waals surface area contributed by atoms with E-state index in [2.05, 4.69) is 69.2 Å². The SMILES string of the molecule is CC1(CNc2nccc3c(Br)cccc23)CCCS1. The second-order valence-corrected chi connectivity index (χ2v) is 7.79. The summed E-state index contributed by atoms with van der Waals surface area (Å²) >= 11 is 5.67. The first-order valence-corrected chi connectivity index (χ1v) is 8.37. The Bertz CT molecular complexity index is 594. The van der Waals surface area contributed by atoms with Gasteiger partial charge >= 0.3 is 0 Å². The van der Waals surface area contributed by atoms with Gasteiger partial charge in [-0.05, 0) is 37.7 Å². The molecule has 1 aromatic carbocycles. The minimum atomic E-state index is 0.357. The van der Waals surface area contributed by atoms with Crippen molar-refractivity contribution in [1.29, 1.82) is 0 Å². The molecule has 4 heteroatoms. The van der Waals surface area contributed by atoms with Gasteiger partial charge in [-0.25, -0.2) is 4.98 Å². The molecule has 1 unspecified atom stereocenters. The maximum Gasteiger partial charge on any atom is 0.133 e. The number of nitrogens with one attached hydrogen (secondary N) is 1. The molecule has 1 atom stereocenters. The van der Waals surface area contributed by atoms with Crippen molar-refractivity contribution in [2.24, 2.45) is 0 Å². The number of halogens is 1. The molecule has 100 valence electrons. The van der Waals surface area contributed by atoms with Crippen molar-refractivity contribution in [3.05, 3.63) is 34.9 Å². The van der Waals surface area contributed by atoms with Crippen LogP contribution in [0.25, 0.3) is 10.8 Å². The van der Waals surface area contributed by atoms with Crippen LogP contribution in [0.1, 0.15) is 19.8 Å².